The molecule has 0 aliphatic carbocycles. The zero-order valence-corrected chi connectivity index (χ0v) is 11.6. The minimum absolute atomic E-state index is 0.0699. The van der Waals surface area contributed by atoms with Crippen LogP contribution in [-0.4, -0.2) is 36.7 Å². The van der Waals surface area contributed by atoms with Gasteiger partial charge in [-0.15, -0.1) is 0 Å². The number of rotatable bonds is 3. The van der Waals surface area contributed by atoms with Gasteiger partial charge in [-0.2, -0.15) is 9.30 Å². The van der Waals surface area contributed by atoms with E-state index in [4.69, 9.17) is 4.52 Å². The summed E-state index contributed by atoms with van der Waals surface area (Å²) in [6, 6.07) is 0. The molecule has 8 heteroatoms. The van der Waals surface area contributed by atoms with Crippen LogP contribution in [0.5, 0.6) is 0 Å². The Morgan fingerprint density at radius 2 is 2.16 bits per heavy atom. The first-order chi connectivity index (χ1) is 8.98. The predicted octanol–water partition coefficient (Wildman–Crippen LogP) is 1.13. The van der Waals surface area contributed by atoms with Crippen molar-refractivity contribution in [1.29, 1.82) is 0 Å². The SMILES string of the molecule is Cc1noc(C)c1S(=O)(=O)N1CCCCC1N=C=O. The van der Waals surface area contributed by atoms with E-state index < -0.39 is 16.2 Å². The highest BCUT2D eigenvalue weighted by molar-refractivity contribution is 7.89. The van der Waals surface area contributed by atoms with E-state index in [-0.39, 0.29) is 10.7 Å². The molecule has 0 N–H and O–H groups in total. The second-order valence-electron chi connectivity index (χ2n) is 4.47. The summed E-state index contributed by atoms with van der Waals surface area (Å²) in [5.41, 5.74) is 0.317. The van der Waals surface area contributed by atoms with Crippen LogP contribution in [-0.2, 0) is 14.8 Å². The number of carbonyl (C=O) groups excluding carboxylic acids is 1. The van der Waals surface area contributed by atoms with Crippen LogP contribution in [0, 0.1) is 13.8 Å². The molecule has 0 bridgehead atoms. The molecular weight excluding hydrogens is 270 g/mol. The van der Waals surface area contributed by atoms with Gasteiger partial charge in [0.05, 0.1) is 0 Å². The Balaban J connectivity index is 2.46. The minimum atomic E-state index is -3.75. The van der Waals surface area contributed by atoms with E-state index in [1.807, 2.05) is 0 Å². The minimum Gasteiger partial charge on any atom is -0.360 e. The molecule has 0 spiro atoms. The van der Waals surface area contributed by atoms with Gasteiger partial charge in [0.15, 0.2) is 5.76 Å². The molecule has 19 heavy (non-hydrogen) atoms. The Morgan fingerprint density at radius 1 is 1.42 bits per heavy atom. The van der Waals surface area contributed by atoms with Crippen molar-refractivity contribution in [3.05, 3.63) is 11.5 Å². The summed E-state index contributed by atoms with van der Waals surface area (Å²) in [5, 5.41) is 3.66. The number of sulfonamides is 1. The van der Waals surface area contributed by atoms with Crippen LogP contribution in [0.4, 0.5) is 0 Å². The van der Waals surface area contributed by atoms with E-state index in [1.54, 1.807) is 13.8 Å². The molecule has 1 aliphatic rings. The normalized spacial score (nSPS) is 21.1. The Kier molecular flexibility index (Phi) is 3.84. The largest absolute Gasteiger partial charge is 0.360 e. The molecule has 0 amide bonds. The zero-order chi connectivity index (χ0) is 14.0. The number of aromatic nitrogens is 1. The van der Waals surface area contributed by atoms with E-state index >= 15 is 0 Å². The van der Waals surface area contributed by atoms with E-state index in [0.29, 0.717) is 18.7 Å². The molecule has 1 atom stereocenters. The molecule has 0 aromatic carbocycles. The van der Waals surface area contributed by atoms with Gasteiger partial charge < -0.3 is 4.52 Å². The molecule has 1 aromatic rings. The molecule has 1 saturated heterocycles. The third kappa shape index (κ3) is 2.47. The van der Waals surface area contributed by atoms with Crippen LogP contribution in [0.2, 0.25) is 0 Å². The molecule has 0 saturated carbocycles. The first-order valence-electron chi connectivity index (χ1n) is 6.00. The molecule has 2 rings (SSSR count). The second-order valence-corrected chi connectivity index (χ2v) is 6.29. The number of aliphatic imine (C=N–C) groups is 1. The van der Waals surface area contributed by atoms with E-state index in [0.717, 1.165) is 12.8 Å². The fourth-order valence-corrected chi connectivity index (χ4v) is 4.21. The quantitative estimate of drug-likeness (QED) is 0.613. The third-order valence-corrected chi connectivity index (χ3v) is 5.30. The van der Waals surface area contributed by atoms with E-state index in [2.05, 4.69) is 10.1 Å². The highest BCUT2D eigenvalue weighted by Crippen LogP contribution is 2.29. The van der Waals surface area contributed by atoms with Crippen LogP contribution >= 0.6 is 0 Å². The van der Waals surface area contributed by atoms with Crippen molar-refractivity contribution in [1.82, 2.24) is 9.46 Å². The topological polar surface area (TPSA) is 92.8 Å². The van der Waals surface area contributed by atoms with Gasteiger partial charge in [-0.25, -0.2) is 13.2 Å². The first-order valence-corrected chi connectivity index (χ1v) is 7.44. The smallest absolute Gasteiger partial charge is 0.250 e. The van der Waals surface area contributed by atoms with Gasteiger partial charge in [0.2, 0.25) is 16.1 Å². The summed E-state index contributed by atoms with van der Waals surface area (Å²) in [7, 11) is -3.75. The second kappa shape index (κ2) is 5.24. The Labute approximate surface area is 111 Å². The lowest BCUT2D eigenvalue weighted by atomic mass is 10.1. The molecule has 1 unspecified atom stereocenters. The molecule has 2 heterocycles. The first kappa shape index (κ1) is 13.9. The summed E-state index contributed by atoms with van der Waals surface area (Å²) in [6.45, 7) is 3.46. The number of isocyanates is 1. The lowest BCUT2D eigenvalue weighted by Gasteiger charge is -2.30. The Bertz CT molecular complexity index is 596. The number of nitrogens with zero attached hydrogens (tertiary/aromatic N) is 3. The standard InChI is InChI=1S/C11H15N3O4S/c1-8-11(9(2)18-13-8)19(16,17)14-6-4-3-5-10(14)12-7-15/h10H,3-6H2,1-2H3. The highest BCUT2D eigenvalue weighted by Gasteiger charge is 2.37. The summed E-state index contributed by atoms with van der Waals surface area (Å²) < 4.78 is 31.4. The highest BCUT2D eigenvalue weighted by atomic mass is 32.2. The molecule has 1 aromatic heterocycles. The molecular formula is C11H15N3O4S. The monoisotopic (exact) mass is 285 g/mol. The summed E-state index contributed by atoms with van der Waals surface area (Å²) in [4.78, 5) is 14.1. The zero-order valence-electron chi connectivity index (χ0n) is 10.8. The third-order valence-electron chi connectivity index (χ3n) is 3.16. The fourth-order valence-electron chi connectivity index (χ4n) is 2.32. The average molecular weight is 285 g/mol. The Hall–Kier alpha value is -1.50. The van der Waals surface area contributed by atoms with Gasteiger partial charge in [-0.3, -0.25) is 0 Å². The fraction of sp³-hybridized carbons (Fsp3) is 0.636. The van der Waals surface area contributed by atoms with Crippen LogP contribution < -0.4 is 0 Å². The van der Waals surface area contributed by atoms with Crippen molar-refractivity contribution in [3.8, 4) is 0 Å². The molecule has 104 valence electrons. The number of hydrogen-bond donors (Lipinski definition) is 0. The predicted molar refractivity (Wildman–Crippen MR) is 65.6 cm³/mol. The van der Waals surface area contributed by atoms with Gasteiger partial charge >= 0.3 is 0 Å². The summed E-state index contributed by atoms with van der Waals surface area (Å²) in [5.74, 6) is 0.247. The molecule has 1 fully saturated rings. The van der Waals surface area contributed by atoms with Gasteiger partial charge in [0.1, 0.15) is 16.8 Å². The number of hydrogen-bond acceptors (Lipinski definition) is 6. The number of piperidine rings is 1. The van der Waals surface area contributed by atoms with Crippen LogP contribution in [0.15, 0.2) is 14.4 Å². The molecule has 0 radical (unpaired) electrons. The van der Waals surface area contributed by atoms with Gasteiger partial charge in [-0.05, 0) is 33.1 Å². The maximum atomic E-state index is 12.6. The van der Waals surface area contributed by atoms with Gasteiger partial charge in [0, 0.05) is 6.54 Å². The number of aryl methyl sites for hydroxylation is 2. The molecule has 7 nitrogen and oxygen atoms in total. The average Bonchev–Trinajstić information content (AvgIpc) is 2.70. The van der Waals surface area contributed by atoms with Crippen molar-refractivity contribution >= 4 is 16.1 Å². The van der Waals surface area contributed by atoms with Crippen molar-refractivity contribution in [2.24, 2.45) is 4.99 Å². The summed E-state index contributed by atoms with van der Waals surface area (Å²) in [6.07, 6.45) is 2.87. The van der Waals surface area contributed by atoms with Crippen LogP contribution in [0.25, 0.3) is 0 Å². The van der Waals surface area contributed by atoms with Crippen molar-refractivity contribution in [3.63, 3.8) is 0 Å². The lowest BCUT2D eigenvalue weighted by molar-refractivity contribution is 0.259. The van der Waals surface area contributed by atoms with Gasteiger partial charge in [0.25, 0.3) is 0 Å². The van der Waals surface area contributed by atoms with E-state index in [9.17, 15) is 13.2 Å². The van der Waals surface area contributed by atoms with Gasteiger partial charge in [-0.1, -0.05) is 5.16 Å². The van der Waals surface area contributed by atoms with Crippen LogP contribution in [0.1, 0.15) is 30.7 Å². The lowest BCUT2D eigenvalue weighted by Crippen LogP contribution is -2.42. The maximum Gasteiger partial charge on any atom is 0.250 e. The molecule has 1 aliphatic heterocycles. The Morgan fingerprint density at radius 3 is 2.74 bits per heavy atom. The van der Waals surface area contributed by atoms with Crippen LogP contribution in [0.3, 0.4) is 0 Å². The summed E-state index contributed by atoms with van der Waals surface area (Å²) >= 11 is 0. The van der Waals surface area contributed by atoms with Crippen molar-refractivity contribution < 1.29 is 17.7 Å². The van der Waals surface area contributed by atoms with E-state index in [1.165, 1.54) is 10.4 Å². The van der Waals surface area contributed by atoms with Crippen molar-refractivity contribution in [2.45, 2.75) is 44.2 Å². The maximum absolute atomic E-state index is 12.6. The van der Waals surface area contributed by atoms with Crippen molar-refractivity contribution in [2.75, 3.05) is 6.54 Å².